The molecule has 0 bridgehead atoms. The van der Waals surface area contributed by atoms with Crippen LogP contribution in [0.2, 0.25) is 0 Å². The number of nitrogens with zero attached hydrogens (tertiary/aromatic N) is 1. The zero-order valence-corrected chi connectivity index (χ0v) is 11.0. The summed E-state index contributed by atoms with van der Waals surface area (Å²) >= 11 is 0. The highest BCUT2D eigenvalue weighted by atomic mass is 19.4. The van der Waals surface area contributed by atoms with E-state index in [9.17, 15) is 18.0 Å². The number of halogens is 3. The highest BCUT2D eigenvalue weighted by molar-refractivity contribution is 6.00. The molecule has 5 nitrogen and oxygen atoms in total. The maximum Gasteiger partial charge on any atom is 0.460 e. The minimum Gasteiger partial charge on any atom is -0.333 e. The van der Waals surface area contributed by atoms with Gasteiger partial charge in [-0.25, -0.2) is 10.3 Å². The summed E-state index contributed by atoms with van der Waals surface area (Å²) in [7, 11) is 0. The zero-order chi connectivity index (χ0) is 15.8. The maximum absolute atomic E-state index is 13.5. The number of aromatic nitrogens is 1. The third kappa shape index (κ3) is 2.20. The van der Waals surface area contributed by atoms with Gasteiger partial charge in [0.05, 0.1) is 12.3 Å². The number of Topliss-reactive ketones (excluding diaryl/α,β-unsaturated/α-hetero) is 1. The van der Waals surface area contributed by atoms with Crippen molar-refractivity contribution in [3.63, 3.8) is 0 Å². The van der Waals surface area contributed by atoms with E-state index in [4.69, 9.17) is 5.26 Å². The first-order valence-corrected chi connectivity index (χ1v) is 5.96. The van der Waals surface area contributed by atoms with Crippen LogP contribution < -0.4 is 15.6 Å². The minimum absolute atomic E-state index is 0.0297. The molecule has 1 aliphatic heterocycles. The molecule has 2 atom stereocenters. The van der Waals surface area contributed by atoms with Crippen molar-refractivity contribution < 1.29 is 22.9 Å². The Kier molecular flexibility index (Phi) is 3.37. The Bertz CT molecular complexity index is 650. The number of H-pyrrole nitrogens is 1. The quantitative estimate of drug-likeness (QED) is 0.862. The van der Waals surface area contributed by atoms with E-state index in [1.54, 1.807) is 19.1 Å². The Morgan fingerprint density at radius 3 is 2.71 bits per heavy atom. The molecule has 0 saturated carbocycles. The molecule has 0 radical (unpaired) electrons. The number of allylic oxidation sites excluding steroid dienone is 1. The first kappa shape index (κ1) is 14.8. The molecular formula is C13H12F3N4O+. The summed E-state index contributed by atoms with van der Waals surface area (Å²) in [6.45, 7) is 4.91. The number of nitrogens with one attached hydrogen (secondary N) is 3. The number of carbonyl (C=O) groups is 1. The first-order valence-electron chi connectivity index (χ1n) is 5.96. The molecule has 1 aliphatic rings. The van der Waals surface area contributed by atoms with Crippen LogP contribution in [0.25, 0.3) is 0 Å². The lowest BCUT2D eigenvalue weighted by Gasteiger charge is -2.27. The van der Waals surface area contributed by atoms with Crippen LogP contribution in [-0.2, 0) is 4.79 Å². The molecule has 2 rings (SSSR count). The molecular weight excluding hydrogens is 285 g/mol. The van der Waals surface area contributed by atoms with Gasteiger partial charge in [-0.1, -0.05) is 6.58 Å². The molecule has 0 spiro atoms. The van der Waals surface area contributed by atoms with Crippen molar-refractivity contribution >= 4 is 11.6 Å². The summed E-state index contributed by atoms with van der Waals surface area (Å²) in [6.07, 6.45) is -3.52. The molecule has 3 N–H and O–H groups in total. The molecule has 1 saturated heterocycles. The van der Waals surface area contributed by atoms with Gasteiger partial charge in [0, 0.05) is 11.3 Å². The maximum atomic E-state index is 13.5. The monoisotopic (exact) mass is 297 g/mol. The standard InChI is InChI=1S/C13H11F3N4O/c1-7-4-3-5-18-11(7)20-12(13(14,15)16)10(21)9(6-17)8(2)19-12/h3-5,9,19H,2H2,1H3,(H,18,20)/p+1. The van der Waals surface area contributed by atoms with Crippen molar-refractivity contribution in [1.29, 1.82) is 5.26 Å². The van der Waals surface area contributed by atoms with Crippen molar-refractivity contribution in [2.75, 3.05) is 5.32 Å². The van der Waals surface area contributed by atoms with Crippen LogP contribution in [-0.4, -0.2) is 17.6 Å². The van der Waals surface area contributed by atoms with Crippen LogP contribution in [0.1, 0.15) is 5.56 Å². The SMILES string of the molecule is C=C1NC(Nc2[nH+]cccc2C)(C(F)(F)F)C(=O)C1C#N. The van der Waals surface area contributed by atoms with Gasteiger partial charge < -0.3 is 5.32 Å². The lowest BCUT2D eigenvalue weighted by molar-refractivity contribution is -0.363. The van der Waals surface area contributed by atoms with E-state index >= 15 is 0 Å². The summed E-state index contributed by atoms with van der Waals surface area (Å²) < 4.78 is 40.4. The van der Waals surface area contributed by atoms with E-state index in [-0.39, 0.29) is 11.5 Å². The van der Waals surface area contributed by atoms with Gasteiger partial charge in [0.25, 0.3) is 5.82 Å². The number of hydrogen-bond acceptors (Lipinski definition) is 4. The molecule has 2 unspecified atom stereocenters. The van der Waals surface area contributed by atoms with Crippen molar-refractivity contribution in [3.05, 3.63) is 36.2 Å². The fraction of sp³-hybridized carbons (Fsp3) is 0.308. The number of rotatable bonds is 2. The van der Waals surface area contributed by atoms with Gasteiger partial charge in [-0.05, 0) is 19.1 Å². The van der Waals surface area contributed by atoms with Crippen molar-refractivity contribution in [3.8, 4) is 6.07 Å². The minimum atomic E-state index is -4.95. The number of pyridine rings is 1. The third-order valence-electron chi connectivity index (χ3n) is 3.26. The zero-order valence-electron chi connectivity index (χ0n) is 11.0. The average molecular weight is 297 g/mol. The number of aromatic amines is 1. The second kappa shape index (κ2) is 4.77. The Hall–Kier alpha value is -2.56. The second-order valence-corrected chi connectivity index (χ2v) is 4.68. The fourth-order valence-corrected chi connectivity index (χ4v) is 2.10. The molecule has 2 heterocycles. The van der Waals surface area contributed by atoms with E-state index < -0.39 is 23.5 Å². The lowest BCUT2D eigenvalue weighted by Crippen LogP contribution is -2.64. The Morgan fingerprint density at radius 2 is 2.24 bits per heavy atom. The van der Waals surface area contributed by atoms with E-state index in [2.05, 4.69) is 16.9 Å². The topological polar surface area (TPSA) is 79.1 Å². The molecule has 1 aromatic rings. The average Bonchev–Trinajstić information content (AvgIpc) is 2.64. The van der Waals surface area contributed by atoms with Crippen molar-refractivity contribution in [2.24, 2.45) is 5.92 Å². The number of aryl methyl sites for hydroxylation is 1. The highest BCUT2D eigenvalue weighted by Crippen LogP contribution is 2.40. The fourth-order valence-electron chi connectivity index (χ4n) is 2.10. The van der Waals surface area contributed by atoms with E-state index in [1.807, 2.05) is 5.32 Å². The predicted molar refractivity (Wildman–Crippen MR) is 66.5 cm³/mol. The Morgan fingerprint density at radius 1 is 1.57 bits per heavy atom. The largest absolute Gasteiger partial charge is 0.460 e. The van der Waals surface area contributed by atoms with Crippen LogP contribution in [0.15, 0.2) is 30.6 Å². The molecule has 0 aromatic carbocycles. The highest BCUT2D eigenvalue weighted by Gasteiger charge is 2.70. The molecule has 0 aliphatic carbocycles. The van der Waals surface area contributed by atoms with Crippen LogP contribution in [0.4, 0.5) is 19.0 Å². The molecule has 110 valence electrons. The van der Waals surface area contributed by atoms with Gasteiger partial charge in [0.15, 0.2) is 5.92 Å². The number of hydrogen-bond donors (Lipinski definition) is 2. The molecule has 21 heavy (non-hydrogen) atoms. The van der Waals surface area contributed by atoms with Gasteiger partial charge in [0.1, 0.15) is 0 Å². The summed E-state index contributed by atoms with van der Waals surface area (Å²) in [5.41, 5.74) is -2.85. The third-order valence-corrected chi connectivity index (χ3v) is 3.26. The van der Waals surface area contributed by atoms with Gasteiger partial charge in [-0.3, -0.25) is 4.79 Å². The number of nitriles is 1. The summed E-state index contributed by atoms with van der Waals surface area (Å²) in [4.78, 5) is 14.7. The van der Waals surface area contributed by atoms with Crippen LogP contribution in [0.3, 0.4) is 0 Å². The first-order chi connectivity index (χ1) is 9.73. The number of ketones is 1. The number of carbonyl (C=O) groups excluding carboxylic acids is 1. The second-order valence-electron chi connectivity index (χ2n) is 4.68. The summed E-state index contributed by atoms with van der Waals surface area (Å²) in [5, 5.41) is 13.0. The molecule has 1 aromatic heterocycles. The van der Waals surface area contributed by atoms with Gasteiger partial charge in [-0.2, -0.15) is 18.4 Å². The van der Waals surface area contributed by atoms with Crippen LogP contribution >= 0.6 is 0 Å². The summed E-state index contributed by atoms with van der Waals surface area (Å²) in [6, 6.07) is 4.72. The van der Waals surface area contributed by atoms with E-state index in [0.29, 0.717) is 5.56 Å². The van der Waals surface area contributed by atoms with Gasteiger partial charge in [-0.15, -0.1) is 0 Å². The van der Waals surface area contributed by atoms with E-state index in [0.717, 1.165) is 0 Å². The van der Waals surface area contributed by atoms with Crippen molar-refractivity contribution in [2.45, 2.75) is 18.8 Å². The van der Waals surface area contributed by atoms with E-state index in [1.165, 1.54) is 12.3 Å². The van der Waals surface area contributed by atoms with Gasteiger partial charge in [0.2, 0.25) is 5.78 Å². The molecule has 1 fully saturated rings. The molecule has 0 amide bonds. The number of anilines is 1. The predicted octanol–water partition coefficient (Wildman–Crippen LogP) is 1.31. The van der Waals surface area contributed by atoms with Crippen LogP contribution in [0, 0.1) is 24.2 Å². The summed E-state index contributed by atoms with van der Waals surface area (Å²) in [5.74, 6) is -2.84. The Labute approximate surface area is 118 Å². The smallest absolute Gasteiger partial charge is 0.333 e. The lowest BCUT2D eigenvalue weighted by atomic mass is 9.98. The van der Waals surface area contributed by atoms with Gasteiger partial charge >= 0.3 is 11.8 Å². The van der Waals surface area contributed by atoms with Crippen molar-refractivity contribution in [1.82, 2.24) is 5.32 Å². The number of alkyl halides is 3. The normalized spacial score (nSPS) is 25.4. The van der Waals surface area contributed by atoms with Crippen LogP contribution in [0.5, 0.6) is 0 Å². The Balaban J connectivity index is 2.52. The molecule has 8 heteroatoms.